The van der Waals surface area contributed by atoms with Gasteiger partial charge in [-0.1, -0.05) is 24.3 Å². The van der Waals surface area contributed by atoms with Crippen molar-refractivity contribution in [3.63, 3.8) is 0 Å². The van der Waals surface area contributed by atoms with Gasteiger partial charge in [-0.25, -0.2) is 4.90 Å². The lowest BCUT2D eigenvalue weighted by atomic mass is 10.1. The summed E-state index contributed by atoms with van der Waals surface area (Å²) in [7, 11) is 0. The molecular formula is C24H25NO4S. The number of esters is 1. The van der Waals surface area contributed by atoms with Crippen LogP contribution in [0.4, 0.5) is 0 Å². The number of fused-ring (bicyclic) bond motifs is 1. The first-order chi connectivity index (χ1) is 14.0. The standard InChI is InChI=1S/C24H25NO4S/c1-23(2,3)29-22(28)24(4,5)30-17-12-10-16(11-13-17)14-15-25-20(26)18-8-6-7-9-19(18)21(25)27/h6-15H,1-5H3/b15-14+. The predicted octanol–water partition coefficient (Wildman–Crippen LogP) is 5.17. The highest BCUT2D eigenvalue weighted by atomic mass is 32.2. The predicted molar refractivity (Wildman–Crippen MR) is 118 cm³/mol. The van der Waals surface area contributed by atoms with Gasteiger partial charge < -0.3 is 4.74 Å². The second kappa shape index (κ2) is 8.11. The first-order valence-corrected chi connectivity index (χ1v) is 10.5. The van der Waals surface area contributed by atoms with Crippen LogP contribution in [-0.4, -0.2) is 33.0 Å². The van der Waals surface area contributed by atoms with Crippen LogP contribution in [0.15, 0.2) is 59.6 Å². The molecule has 6 heteroatoms. The molecule has 2 aromatic carbocycles. The number of thioether (sulfide) groups is 1. The molecule has 0 fully saturated rings. The monoisotopic (exact) mass is 423 g/mol. The van der Waals surface area contributed by atoms with Gasteiger partial charge in [-0.3, -0.25) is 14.4 Å². The third kappa shape index (κ3) is 4.82. The zero-order valence-corrected chi connectivity index (χ0v) is 18.6. The highest BCUT2D eigenvalue weighted by Gasteiger charge is 2.34. The Kier molecular flexibility index (Phi) is 5.90. The second-order valence-electron chi connectivity index (χ2n) is 8.52. The van der Waals surface area contributed by atoms with Crippen molar-refractivity contribution in [2.75, 3.05) is 0 Å². The van der Waals surface area contributed by atoms with E-state index in [0.29, 0.717) is 11.1 Å². The van der Waals surface area contributed by atoms with Gasteiger partial charge in [-0.05, 0) is 70.5 Å². The molecule has 1 heterocycles. The third-order valence-corrected chi connectivity index (χ3v) is 5.57. The average Bonchev–Trinajstić information content (AvgIpc) is 2.90. The molecule has 0 radical (unpaired) electrons. The highest BCUT2D eigenvalue weighted by molar-refractivity contribution is 8.01. The number of carbonyl (C=O) groups excluding carboxylic acids is 3. The molecule has 2 aromatic rings. The van der Waals surface area contributed by atoms with Crippen LogP contribution in [0.1, 0.15) is 60.9 Å². The molecular weight excluding hydrogens is 398 g/mol. The third-order valence-electron chi connectivity index (χ3n) is 4.39. The van der Waals surface area contributed by atoms with Crippen molar-refractivity contribution in [3.05, 3.63) is 71.4 Å². The van der Waals surface area contributed by atoms with Crippen LogP contribution >= 0.6 is 11.8 Å². The fourth-order valence-corrected chi connectivity index (χ4v) is 3.87. The number of rotatable bonds is 5. The van der Waals surface area contributed by atoms with Crippen molar-refractivity contribution in [1.82, 2.24) is 4.90 Å². The molecule has 5 nitrogen and oxygen atoms in total. The molecule has 30 heavy (non-hydrogen) atoms. The van der Waals surface area contributed by atoms with E-state index in [0.717, 1.165) is 15.4 Å². The van der Waals surface area contributed by atoms with Crippen molar-refractivity contribution in [2.24, 2.45) is 0 Å². The largest absolute Gasteiger partial charge is 0.459 e. The number of ether oxygens (including phenoxy) is 1. The van der Waals surface area contributed by atoms with Crippen LogP contribution in [0, 0.1) is 0 Å². The van der Waals surface area contributed by atoms with Crippen LogP contribution in [0.5, 0.6) is 0 Å². The summed E-state index contributed by atoms with van der Waals surface area (Å²) in [6, 6.07) is 14.4. The van der Waals surface area contributed by atoms with Crippen molar-refractivity contribution in [1.29, 1.82) is 0 Å². The molecule has 0 aromatic heterocycles. The Balaban J connectivity index is 1.67. The lowest BCUT2D eigenvalue weighted by Gasteiger charge is -2.28. The molecule has 2 amide bonds. The number of benzene rings is 2. The molecule has 0 aliphatic carbocycles. The molecule has 0 spiro atoms. The van der Waals surface area contributed by atoms with Gasteiger partial charge in [0.05, 0.1) is 11.1 Å². The Hall–Kier alpha value is -2.86. The molecule has 0 atom stereocenters. The number of hydrogen-bond donors (Lipinski definition) is 0. The van der Waals surface area contributed by atoms with E-state index >= 15 is 0 Å². The molecule has 1 aliphatic rings. The lowest BCUT2D eigenvalue weighted by Crippen LogP contribution is -2.36. The van der Waals surface area contributed by atoms with Gasteiger partial charge in [0.1, 0.15) is 10.3 Å². The first kappa shape index (κ1) is 21.8. The maximum absolute atomic E-state index is 12.4. The summed E-state index contributed by atoms with van der Waals surface area (Å²) in [5.74, 6) is -0.911. The van der Waals surface area contributed by atoms with Crippen LogP contribution in [-0.2, 0) is 9.53 Å². The Bertz CT molecular complexity index is 981. The topological polar surface area (TPSA) is 63.7 Å². The number of amides is 2. The normalized spacial score (nSPS) is 14.4. The zero-order valence-electron chi connectivity index (χ0n) is 17.8. The number of nitrogens with zero attached hydrogens (tertiary/aromatic N) is 1. The number of imide groups is 1. The van der Waals surface area contributed by atoms with Gasteiger partial charge in [0.2, 0.25) is 0 Å². The fourth-order valence-electron chi connectivity index (χ4n) is 2.89. The van der Waals surface area contributed by atoms with Gasteiger partial charge >= 0.3 is 5.97 Å². The van der Waals surface area contributed by atoms with Gasteiger partial charge in [-0.2, -0.15) is 0 Å². The van der Waals surface area contributed by atoms with E-state index in [1.165, 1.54) is 18.0 Å². The SMILES string of the molecule is CC(C)(C)OC(=O)C(C)(C)Sc1ccc(/C=C/N2C(=O)c3ccccc3C2=O)cc1. The molecule has 3 rings (SSSR count). The molecule has 1 aliphatic heterocycles. The summed E-state index contributed by atoms with van der Waals surface area (Å²) in [6.07, 6.45) is 3.21. The Labute approximate surface area is 181 Å². The van der Waals surface area contributed by atoms with Crippen molar-refractivity contribution in [3.8, 4) is 0 Å². The van der Waals surface area contributed by atoms with Gasteiger partial charge in [0.25, 0.3) is 11.8 Å². The number of hydrogen-bond acceptors (Lipinski definition) is 5. The minimum atomic E-state index is -0.731. The van der Waals surface area contributed by atoms with E-state index < -0.39 is 10.3 Å². The molecule has 156 valence electrons. The maximum Gasteiger partial charge on any atom is 0.322 e. The van der Waals surface area contributed by atoms with E-state index in [9.17, 15) is 14.4 Å². The van der Waals surface area contributed by atoms with Crippen LogP contribution in [0.2, 0.25) is 0 Å². The van der Waals surface area contributed by atoms with Crippen molar-refractivity contribution < 1.29 is 19.1 Å². The summed E-state index contributed by atoms with van der Waals surface area (Å²) < 4.78 is 4.77. The Morgan fingerprint density at radius 1 is 0.900 bits per heavy atom. The first-order valence-electron chi connectivity index (χ1n) is 9.66. The summed E-state index contributed by atoms with van der Waals surface area (Å²) in [5.41, 5.74) is 1.14. The maximum atomic E-state index is 12.4. The summed E-state index contributed by atoms with van der Waals surface area (Å²) in [6.45, 7) is 9.22. The van der Waals surface area contributed by atoms with Gasteiger partial charge in [0, 0.05) is 11.1 Å². The molecule has 0 saturated carbocycles. The van der Waals surface area contributed by atoms with Crippen LogP contribution in [0.3, 0.4) is 0 Å². The second-order valence-corrected chi connectivity index (χ2v) is 10.2. The van der Waals surface area contributed by atoms with Crippen molar-refractivity contribution in [2.45, 2.75) is 49.9 Å². The lowest BCUT2D eigenvalue weighted by molar-refractivity contribution is -0.156. The van der Waals surface area contributed by atoms with E-state index in [1.807, 2.05) is 58.9 Å². The Morgan fingerprint density at radius 3 is 1.93 bits per heavy atom. The smallest absolute Gasteiger partial charge is 0.322 e. The highest BCUT2D eigenvalue weighted by Crippen LogP contribution is 2.34. The van der Waals surface area contributed by atoms with Gasteiger partial charge in [0.15, 0.2) is 0 Å². The quantitative estimate of drug-likeness (QED) is 0.377. The summed E-state index contributed by atoms with van der Waals surface area (Å²) in [5, 5.41) is 0. The van der Waals surface area contributed by atoms with Crippen LogP contribution < -0.4 is 0 Å². The van der Waals surface area contributed by atoms with E-state index in [1.54, 1.807) is 30.3 Å². The molecule has 0 bridgehead atoms. The molecule has 0 saturated heterocycles. The number of carbonyl (C=O) groups is 3. The van der Waals surface area contributed by atoms with E-state index in [-0.39, 0.29) is 17.8 Å². The zero-order chi connectivity index (χ0) is 22.1. The molecule has 0 unspecified atom stereocenters. The van der Waals surface area contributed by atoms with E-state index in [2.05, 4.69) is 0 Å². The van der Waals surface area contributed by atoms with Crippen molar-refractivity contribution >= 4 is 35.6 Å². The van der Waals surface area contributed by atoms with Crippen LogP contribution in [0.25, 0.3) is 6.08 Å². The average molecular weight is 424 g/mol. The fraction of sp³-hybridized carbons (Fsp3) is 0.292. The summed E-state index contributed by atoms with van der Waals surface area (Å²) in [4.78, 5) is 39.3. The van der Waals surface area contributed by atoms with Gasteiger partial charge in [-0.15, -0.1) is 11.8 Å². The molecule has 0 N–H and O–H groups in total. The van der Waals surface area contributed by atoms with E-state index in [4.69, 9.17) is 4.74 Å². The summed E-state index contributed by atoms with van der Waals surface area (Å²) >= 11 is 1.42. The minimum Gasteiger partial charge on any atom is -0.459 e. The Morgan fingerprint density at radius 2 is 1.43 bits per heavy atom. The minimum absolute atomic E-state index is 0.269.